The van der Waals surface area contributed by atoms with Crippen LogP contribution in [0.15, 0.2) is 42.7 Å². The van der Waals surface area contributed by atoms with Gasteiger partial charge in [-0.25, -0.2) is 0 Å². The van der Waals surface area contributed by atoms with Gasteiger partial charge in [0.25, 0.3) is 0 Å². The molecule has 0 bridgehead atoms. The van der Waals surface area contributed by atoms with Gasteiger partial charge in [-0.1, -0.05) is 6.07 Å². The Morgan fingerprint density at radius 3 is 2.75 bits per heavy atom. The minimum atomic E-state index is -0.0770. The summed E-state index contributed by atoms with van der Waals surface area (Å²) in [5, 5.41) is 21.2. The molecule has 0 amide bonds. The SMILES string of the molecule is OCc1ccc2[nH]c3cn4cccc4cc3c2c1CO. The van der Waals surface area contributed by atoms with Crippen LogP contribution in [0.3, 0.4) is 0 Å². The predicted molar refractivity (Wildman–Crippen MR) is 78.6 cm³/mol. The summed E-state index contributed by atoms with van der Waals surface area (Å²) in [6.45, 7) is -0.141. The maximum atomic E-state index is 9.67. The molecule has 0 radical (unpaired) electrons. The molecule has 3 aromatic heterocycles. The molecule has 0 aliphatic heterocycles. The first-order valence-corrected chi connectivity index (χ1v) is 6.56. The molecule has 0 saturated carbocycles. The Morgan fingerprint density at radius 2 is 1.95 bits per heavy atom. The Bertz CT molecular complexity index is 934. The van der Waals surface area contributed by atoms with Crippen molar-refractivity contribution in [2.45, 2.75) is 13.2 Å². The minimum Gasteiger partial charge on any atom is -0.392 e. The third-order valence-corrected chi connectivity index (χ3v) is 3.94. The van der Waals surface area contributed by atoms with E-state index >= 15 is 0 Å². The van der Waals surface area contributed by atoms with E-state index in [2.05, 4.69) is 15.5 Å². The van der Waals surface area contributed by atoms with Gasteiger partial charge in [-0.3, -0.25) is 0 Å². The lowest BCUT2D eigenvalue weighted by molar-refractivity contribution is 0.261. The van der Waals surface area contributed by atoms with Crippen molar-refractivity contribution in [2.24, 2.45) is 0 Å². The second-order valence-electron chi connectivity index (χ2n) is 5.01. The molecule has 0 fully saturated rings. The standard InChI is InChI=1S/C16H14N2O2/c19-8-10-3-4-14-16(13(10)9-20)12-6-11-2-1-5-18(11)7-15(12)17-14/h1-7,17,19-20H,8-9H2. The highest BCUT2D eigenvalue weighted by Gasteiger charge is 2.12. The zero-order valence-corrected chi connectivity index (χ0v) is 10.8. The summed E-state index contributed by atoms with van der Waals surface area (Å²) < 4.78 is 2.06. The van der Waals surface area contributed by atoms with Gasteiger partial charge in [-0.05, 0) is 35.4 Å². The number of rotatable bonds is 2. The van der Waals surface area contributed by atoms with Gasteiger partial charge < -0.3 is 19.6 Å². The van der Waals surface area contributed by atoms with Crippen LogP contribution in [0.5, 0.6) is 0 Å². The molecular formula is C16H14N2O2. The van der Waals surface area contributed by atoms with Gasteiger partial charge in [0, 0.05) is 34.2 Å². The molecule has 20 heavy (non-hydrogen) atoms. The van der Waals surface area contributed by atoms with Gasteiger partial charge >= 0.3 is 0 Å². The van der Waals surface area contributed by atoms with Crippen molar-refractivity contribution in [1.82, 2.24) is 9.38 Å². The zero-order chi connectivity index (χ0) is 13.7. The first-order chi connectivity index (χ1) is 9.81. The van der Waals surface area contributed by atoms with Crippen LogP contribution in [0.2, 0.25) is 0 Å². The number of nitrogens with zero attached hydrogens (tertiary/aromatic N) is 1. The number of aliphatic hydroxyl groups excluding tert-OH is 2. The number of pyridine rings is 1. The van der Waals surface area contributed by atoms with Crippen LogP contribution in [0.4, 0.5) is 0 Å². The first-order valence-electron chi connectivity index (χ1n) is 6.56. The van der Waals surface area contributed by atoms with Crippen LogP contribution in [0.1, 0.15) is 11.1 Å². The lowest BCUT2D eigenvalue weighted by Crippen LogP contribution is -1.94. The average molecular weight is 266 g/mol. The first kappa shape index (κ1) is 11.5. The van der Waals surface area contributed by atoms with E-state index in [1.807, 2.05) is 36.7 Å². The zero-order valence-electron chi connectivity index (χ0n) is 10.8. The normalized spacial score (nSPS) is 11.9. The van der Waals surface area contributed by atoms with Crippen LogP contribution < -0.4 is 0 Å². The molecule has 3 N–H and O–H groups in total. The minimum absolute atomic E-state index is 0.0636. The van der Waals surface area contributed by atoms with Gasteiger partial charge in [0.2, 0.25) is 0 Å². The van der Waals surface area contributed by atoms with Gasteiger partial charge in [0.05, 0.1) is 18.7 Å². The lowest BCUT2D eigenvalue weighted by Gasteiger charge is -2.06. The second-order valence-corrected chi connectivity index (χ2v) is 5.01. The molecule has 4 aromatic rings. The van der Waals surface area contributed by atoms with Crippen molar-refractivity contribution in [3.63, 3.8) is 0 Å². The summed E-state index contributed by atoms with van der Waals surface area (Å²) in [6.07, 6.45) is 4.05. The Morgan fingerprint density at radius 1 is 1.05 bits per heavy atom. The van der Waals surface area contributed by atoms with E-state index in [-0.39, 0.29) is 13.2 Å². The van der Waals surface area contributed by atoms with Crippen molar-refractivity contribution < 1.29 is 10.2 Å². The van der Waals surface area contributed by atoms with E-state index in [9.17, 15) is 10.2 Å². The van der Waals surface area contributed by atoms with Crippen molar-refractivity contribution in [2.75, 3.05) is 0 Å². The number of nitrogens with one attached hydrogen (secondary N) is 1. The molecule has 100 valence electrons. The van der Waals surface area contributed by atoms with Crippen LogP contribution in [-0.2, 0) is 13.2 Å². The molecule has 0 spiro atoms. The number of H-pyrrole nitrogens is 1. The Kier molecular flexibility index (Phi) is 2.36. The quantitative estimate of drug-likeness (QED) is 0.522. The molecule has 4 nitrogen and oxygen atoms in total. The Hall–Kier alpha value is -2.30. The fourth-order valence-electron chi connectivity index (χ4n) is 2.96. The van der Waals surface area contributed by atoms with Crippen molar-refractivity contribution in [3.05, 3.63) is 53.9 Å². The van der Waals surface area contributed by atoms with Crippen LogP contribution >= 0.6 is 0 Å². The number of aromatic amines is 1. The van der Waals surface area contributed by atoms with Gasteiger partial charge in [0.1, 0.15) is 0 Å². The average Bonchev–Trinajstić information content (AvgIpc) is 3.06. The maximum Gasteiger partial charge on any atom is 0.0692 e. The molecule has 1 aromatic carbocycles. The molecule has 4 heteroatoms. The topological polar surface area (TPSA) is 60.7 Å². The van der Waals surface area contributed by atoms with Crippen molar-refractivity contribution in [3.8, 4) is 0 Å². The lowest BCUT2D eigenvalue weighted by atomic mass is 10.0. The summed E-state index contributed by atoms with van der Waals surface area (Å²) in [5.74, 6) is 0. The number of aliphatic hydroxyl groups is 2. The highest BCUT2D eigenvalue weighted by atomic mass is 16.3. The second kappa shape index (κ2) is 4.10. The summed E-state index contributed by atoms with van der Waals surface area (Å²) in [5.41, 5.74) is 4.68. The summed E-state index contributed by atoms with van der Waals surface area (Å²) in [4.78, 5) is 3.37. The van der Waals surface area contributed by atoms with Gasteiger partial charge in [0.15, 0.2) is 0 Å². The smallest absolute Gasteiger partial charge is 0.0692 e. The number of benzene rings is 1. The molecule has 0 saturated heterocycles. The van der Waals surface area contributed by atoms with E-state index in [1.54, 1.807) is 0 Å². The van der Waals surface area contributed by atoms with Crippen LogP contribution in [0, 0.1) is 0 Å². The third kappa shape index (κ3) is 1.43. The number of hydrogen-bond donors (Lipinski definition) is 3. The number of hydrogen-bond acceptors (Lipinski definition) is 2. The molecule has 0 aliphatic rings. The molecule has 4 rings (SSSR count). The van der Waals surface area contributed by atoms with E-state index in [0.717, 1.165) is 38.4 Å². The fraction of sp³-hybridized carbons (Fsp3) is 0.125. The molecule has 3 heterocycles. The van der Waals surface area contributed by atoms with Crippen LogP contribution in [-0.4, -0.2) is 19.6 Å². The van der Waals surface area contributed by atoms with Gasteiger partial charge in [-0.15, -0.1) is 0 Å². The Labute approximate surface area is 114 Å². The molecule has 0 unspecified atom stereocenters. The number of fused-ring (bicyclic) bond motifs is 4. The van der Waals surface area contributed by atoms with Crippen LogP contribution in [0.25, 0.3) is 27.3 Å². The van der Waals surface area contributed by atoms with Gasteiger partial charge in [-0.2, -0.15) is 0 Å². The summed E-state index contributed by atoms with van der Waals surface area (Å²) in [7, 11) is 0. The Balaban J connectivity index is 2.22. The number of aromatic nitrogens is 2. The van der Waals surface area contributed by atoms with E-state index in [4.69, 9.17) is 0 Å². The van der Waals surface area contributed by atoms with Crippen molar-refractivity contribution in [1.29, 1.82) is 0 Å². The highest BCUT2D eigenvalue weighted by molar-refractivity contribution is 6.10. The summed E-state index contributed by atoms with van der Waals surface area (Å²) in [6, 6.07) is 9.97. The summed E-state index contributed by atoms with van der Waals surface area (Å²) >= 11 is 0. The van der Waals surface area contributed by atoms with E-state index in [1.165, 1.54) is 0 Å². The monoisotopic (exact) mass is 266 g/mol. The van der Waals surface area contributed by atoms with E-state index < -0.39 is 0 Å². The largest absolute Gasteiger partial charge is 0.392 e. The predicted octanol–water partition coefficient (Wildman–Crippen LogP) is 2.56. The maximum absolute atomic E-state index is 9.67. The fourth-order valence-corrected chi connectivity index (χ4v) is 2.96. The van der Waals surface area contributed by atoms with Crippen molar-refractivity contribution >= 4 is 27.3 Å². The van der Waals surface area contributed by atoms with E-state index in [0.29, 0.717) is 0 Å². The molecule has 0 atom stereocenters. The molecular weight excluding hydrogens is 252 g/mol. The highest BCUT2D eigenvalue weighted by Crippen LogP contribution is 2.31. The third-order valence-electron chi connectivity index (χ3n) is 3.94. The molecule has 0 aliphatic carbocycles.